The van der Waals surface area contributed by atoms with Crippen LogP contribution in [0.4, 0.5) is 11.8 Å². The van der Waals surface area contributed by atoms with Crippen molar-refractivity contribution in [3.63, 3.8) is 0 Å². The summed E-state index contributed by atoms with van der Waals surface area (Å²) in [5.41, 5.74) is 0. The largest absolute Gasteiger partial charge is 0.369 e. The summed E-state index contributed by atoms with van der Waals surface area (Å²) < 4.78 is 10.8. The fourth-order valence-corrected chi connectivity index (χ4v) is 1.80. The SMILES string of the molecule is CNc1ncc(Cl)c(NCCCS(C)=O)n1. The topological polar surface area (TPSA) is 66.9 Å². The molecule has 1 rings (SSSR count). The zero-order valence-corrected chi connectivity index (χ0v) is 10.9. The van der Waals surface area contributed by atoms with Gasteiger partial charge >= 0.3 is 0 Å². The molecule has 1 unspecified atom stereocenters. The Morgan fingerprint density at radius 1 is 1.56 bits per heavy atom. The van der Waals surface area contributed by atoms with E-state index in [9.17, 15) is 4.21 Å². The highest BCUT2D eigenvalue weighted by atomic mass is 35.5. The maximum Gasteiger partial charge on any atom is 0.224 e. The van der Waals surface area contributed by atoms with Crippen molar-refractivity contribution >= 4 is 34.2 Å². The van der Waals surface area contributed by atoms with Crippen LogP contribution in [-0.2, 0) is 10.8 Å². The Bertz CT molecular complexity index is 375. The van der Waals surface area contributed by atoms with Gasteiger partial charge in [-0.1, -0.05) is 11.6 Å². The highest BCUT2D eigenvalue weighted by Crippen LogP contribution is 2.18. The zero-order valence-electron chi connectivity index (χ0n) is 9.29. The summed E-state index contributed by atoms with van der Waals surface area (Å²) in [4.78, 5) is 8.14. The van der Waals surface area contributed by atoms with E-state index in [-0.39, 0.29) is 0 Å². The first-order valence-corrected chi connectivity index (χ1v) is 6.98. The van der Waals surface area contributed by atoms with Gasteiger partial charge in [-0.15, -0.1) is 0 Å². The van der Waals surface area contributed by atoms with Crippen LogP contribution in [0.2, 0.25) is 5.02 Å². The van der Waals surface area contributed by atoms with Gasteiger partial charge in [0.2, 0.25) is 5.95 Å². The molecule has 0 saturated heterocycles. The summed E-state index contributed by atoms with van der Waals surface area (Å²) in [6.45, 7) is 0.694. The normalized spacial score (nSPS) is 12.2. The van der Waals surface area contributed by atoms with Crippen LogP contribution in [0, 0.1) is 0 Å². The Balaban J connectivity index is 2.49. The third-order valence-electron chi connectivity index (χ3n) is 1.87. The Kier molecular flexibility index (Phi) is 5.48. The van der Waals surface area contributed by atoms with Gasteiger partial charge in [0.15, 0.2) is 0 Å². The molecule has 0 radical (unpaired) electrons. The van der Waals surface area contributed by atoms with E-state index in [2.05, 4.69) is 20.6 Å². The molecule has 2 N–H and O–H groups in total. The van der Waals surface area contributed by atoms with Crippen molar-refractivity contribution in [2.45, 2.75) is 6.42 Å². The molecular weight excluding hydrogens is 248 g/mol. The van der Waals surface area contributed by atoms with Gasteiger partial charge in [-0.05, 0) is 6.42 Å². The van der Waals surface area contributed by atoms with Gasteiger partial charge in [0.1, 0.15) is 10.8 Å². The number of halogens is 1. The highest BCUT2D eigenvalue weighted by molar-refractivity contribution is 7.84. The van der Waals surface area contributed by atoms with E-state index in [0.717, 1.165) is 6.42 Å². The molecule has 0 bridgehead atoms. The molecule has 0 spiro atoms. The van der Waals surface area contributed by atoms with Crippen molar-refractivity contribution < 1.29 is 4.21 Å². The molecule has 0 saturated carbocycles. The molecule has 1 atom stereocenters. The van der Waals surface area contributed by atoms with Crippen LogP contribution in [0.3, 0.4) is 0 Å². The van der Waals surface area contributed by atoms with Crippen LogP contribution < -0.4 is 10.6 Å². The van der Waals surface area contributed by atoms with Gasteiger partial charge in [0.25, 0.3) is 0 Å². The van der Waals surface area contributed by atoms with Crippen molar-refractivity contribution in [1.82, 2.24) is 9.97 Å². The van der Waals surface area contributed by atoms with E-state index in [4.69, 9.17) is 11.6 Å². The van der Waals surface area contributed by atoms with Crippen LogP contribution in [0.15, 0.2) is 6.20 Å². The number of nitrogens with zero attached hydrogens (tertiary/aromatic N) is 2. The first kappa shape index (κ1) is 13.2. The third kappa shape index (κ3) is 4.32. The van der Waals surface area contributed by atoms with Crippen LogP contribution in [0.25, 0.3) is 0 Å². The molecule has 0 aliphatic rings. The molecule has 90 valence electrons. The molecule has 1 aromatic rings. The second-order valence-electron chi connectivity index (χ2n) is 3.20. The molecule has 1 aromatic heterocycles. The maximum absolute atomic E-state index is 10.8. The first-order valence-electron chi connectivity index (χ1n) is 4.87. The lowest BCUT2D eigenvalue weighted by Gasteiger charge is -2.07. The lowest BCUT2D eigenvalue weighted by Crippen LogP contribution is -2.09. The summed E-state index contributed by atoms with van der Waals surface area (Å²) >= 11 is 5.92. The summed E-state index contributed by atoms with van der Waals surface area (Å²) in [7, 11) is 0.990. The zero-order chi connectivity index (χ0) is 12.0. The maximum atomic E-state index is 10.8. The number of nitrogens with one attached hydrogen (secondary N) is 2. The van der Waals surface area contributed by atoms with Gasteiger partial charge in [0.05, 0.1) is 6.20 Å². The van der Waals surface area contributed by atoms with Gasteiger partial charge in [-0.2, -0.15) is 4.98 Å². The molecule has 0 aromatic carbocycles. The van der Waals surface area contributed by atoms with Crippen molar-refractivity contribution in [2.75, 3.05) is 36.2 Å². The Morgan fingerprint density at radius 3 is 2.94 bits per heavy atom. The number of hydrogen-bond acceptors (Lipinski definition) is 5. The Labute approximate surface area is 102 Å². The summed E-state index contributed by atoms with van der Waals surface area (Å²) in [6.07, 6.45) is 4.05. The van der Waals surface area contributed by atoms with Crippen LogP contribution in [0.1, 0.15) is 6.42 Å². The van der Waals surface area contributed by atoms with Crippen molar-refractivity contribution in [3.8, 4) is 0 Å². The number of rotatable bonds is 6. The predicted molar refractivity (Wildman–Crippen MR) is 68.6 cm³/mol. The minimum Gasteiger partial charge on any atom is -0.369 e. The minimum absolute atomic E-state index is 0.483. The quantitative estimate of drug-likeness (QED) is 0.758. The summed E-state index contributed by atoms with van der Waals surface area (Å²) in [5.74, 6) is 1.79. The number of aromatic nitrogens is 2. The smallest absolute Gasteiger partial charge is 0.224 e. The van der Waals surface area contributed by atoms with Crippen LogP contribution in [0.5, 0.6) is 0 Å². The van der Waals surface area contributed by atoms with Gasteiger partial charge < -0.3 is 10.6 Å². The second kappa shape index (κ2) is 6.65. The van der Waals surface area contributed by atoms with Crippen molar-refractivity contribution in [1.29, 1.82) is 0 Å². The average Bonchev–Trinajstić information content (AvgIpc) is 2.26. The lowest BCUT2D eigenvalue weighted by molar-refractivity contribution is 0.685. The number of hydrogen-bond donors (Lipinski definition) is 2. The predicted octanol–water partition coefficient (Wildman–Crippen LogP) is 1.35. The van der Waals surface area contributed by atoms with E-state index >= 15 is 0 Å². The summed E-state index contributed by atoms with van der Waals surface area (Å²) in [6, 6.07) is 0. The molecule has 0 aliphatic heterocycles. The molecule has 0 amide bonds. The summed E-state index contributed by atoms with van der Waals surface area (Å²) in [5, 5.41) is 6.40. The highest BCUT2D eigenvalue weighted by Gasteiger charge is 2.03. The average molecular weight is 263 g/mol. The number of anilines is 2. The molecular formula is C9H15ClN4OS. The van der Waals surface area contributed by atoms with Crippen LogP contribution >= 0.6 is 11.6 Å². The molecule has 0 aliphatic carbocycles. The molecule has 5 nitrogen and oxygen atoms in total. The van der Waals surface area contributed by atoms with E-state index in [1.165, 1.54) is 0 Å². The lowest BCUT2D eigenvalue weighted by atomic mass is 10.4. The van der Waals surface area contributed by atoms with E-state index in [1.807, 2.05) is 0 Å². The van der Waals surface area contributed by atoms with E-state index in [0.29, 0.717) is 29.1 Å². The molecule has 7 heteroatoms. The fourth-order valence-electron chi connectivity index (χ4n) is 1.09. The van der Waals surface area contributed by atoms with Gasteiger partial charge in [-0.25, -0.2) is 4.98 Å². The molecule has 0 fully saturated rings. The minimum atomic E-state index is -0.753. The molecule has 16 heavy (non-hydrogen) atoms. The fraction of sp³-hybridized carbons (Fsp3) is 0.556. The van der Waals surface area contributed by atoms with E-state index in [1.54, 1.807) is 19.5 Å². The Morgan fingerprint density at radius 2 is 2.31 bits per heavy atom. The van der Waals surface area contributed by atoms with E-state index < -0.39 is 10.8 Å². The first-order chi connectivity index (χ1) is 7.63. The van der Waals surface area contributed by atoms with Crippen molar-refractivity contribution in [2.24, 2.45) is 0 Å². The standard InChI is InChI=1S/C9H15ClN4OS/c1-11-9-13-6-7(10)8(14-9)12-4-3-5-16(2)15/h6H,3-5H2,1-2H3,(H2,11,12,13,14). The van der Waals surface area contributed by atoms with Crippen molar-refractivity contribution in [3.05, 3.63) is 11.2 Å². The Hall–Kier alpha value is -0.880. The monoisotopic (exact) mass is 262 g/mol. The third-order valence-corrected chi connectivity index (χ3v) is 3.01. The second-order valence-corrected chi connectivity index (χ2v) is 5.16. The molecule has 1 heterocycles. The van der Waals surface area contributed by atoms with Gasteiger partial charge in [-0.3, -0.25) is 4.21 Å². The van der Waals surface area contributed by atoms with Gasteiger partial charge in [0, 0.05) is 36.4 Å². The van der Waals surface area contributed by atoms with Crippen LogP contribution in [-0.4, -0.2) is 39.8 Å².